The van der Waals surface area contributed by atoms with Crippen molar-refractivity contribution in [2.75, 3.05) is 18.5 Å². The molecule has 1 aromatic rings. The summed E-state index contributed by atoms with van der Waals surface area (Å²) in [5.41, 5.74) is 0.214. The van der Waals surface area contributed by atoms with E-state index >= 15 is 0 Å². The first-order valence-electron chi connectivity index (χ1n) is 8.57. The molecule has 1 fully saturated rings. The van der Waals surface area contributed by atoms with Crippen molar-refractivity contribution in [2.45, 2.75) is 51.0 Å². The van der Waals surface area contributed by atoms with Crippen molar-refractivity contribution in [1.29, 1.82) is 0 Å². The van der Waals surface area contributed by atoms with Gasteiger partial charge in [0.2, 0.25) is 0 Å². The lowest BCUT2D eigenvalue weighted by Gasteiger charge is -2.26. The number of carbonyl (C=O) groups excluding carboxylic acids is 2. The molecule has 3 N–H and O–H groups in total. The summed E-state index contributed by atoms with van der Waals surface area (Å²) in [5.74, 6) is -0.385. The van der Waals surface area contributed by atoms with Crippen LogP contribution in [0.15, 0.2) is 24.3 Å². The average molecular weight is 334 g/mol. The Labute approximate surface area is 142 Å². The van der Waals surface area contributed by atoms with Crippen molar-refractivity contribution in [3.63, 3.8) is 0 Å². The molecule has 0 bridgehead atoms. The number of urea groups is 1. The molecule has 1 aromatic carbocycles. The summed E-state index contributed by atoms with van der Waals surface area (Å²) in [6.07, 6.45) is 5.72. The highest BCUT2D eigenvalue weighted by Gasteiger charge is 2.28. The number of carbonyl (C=O) groups is 2. The van der Waals surface area contributed by atoms with Gasteiger partial charge in [-0.25, -0.2) is 9.59 Å². The molecule has 2 amide bonds. The van der Waals surface area contributed by atoms with Crippen molar-refractivity contribution >= 4 is 17.7 Å². The second-order valence-electron chi connectivity index (χ2n) is 6.24. The highest BCUT2D eigenvalue weighted by molar-refractivity contribution is 5.92. The van der Waals surface area contributed by atoms with Gasteiger partial charge in [0.1, 0.15) is 0 Å². The minimum atomic E-state index is -0.804. The summed E-state index contributed by atoms with van der Waals surface area (Å²) >= 11 is 0. The summed E-state index contributed by atoms with van der Waals surface area (Å²) in [5, 5.41) is 16.0. The van der Waals surface area contributed by atoms with Crippen LogP contribution in [0.2, 0.25) is 0 Å². The zero-order valence-corrected chi connectivity index (χ0v) is 14.1. The van der Waals surface area contributed by atoms with Crippen LogP contribution in [-0.4, -0.2) is 35.9 Å². The van der Waals surface area contributed by atoms with Gasteiger partial charge in [-0.1, -0.05) is 25.7 Å². The molecule has 1 aliphatic rings. The minimum absolute atomic E-state index is 0.250. The van der Waals surface area contributed by atoms with Gasteiger partial charge < -0.3 is 20.5 Å². The first kappa shape index (κ1) is 18.3. The lowest BCUT2D eigenvalue weighted by atomic mass is 9.95. The predicted octanol–water partition coefficient (Wildman–Crippen LogP) is 3.07. The molecule has 0 saturated heterocycles. The van der Waals surface area contributed by atoms with Crippen molar-refractivity contribution < 1.29 is 19.4 Å². The van der Waals surface area contributed by atoms with Gasteiger partial charge in [-0.05, 0) is 44.0 Å². The van der Waals surface area contributed by atoms with Crippen molar-refractivity contribution in [2.24, 2.45) is 0 Å². The molecule has 0 heterocycles. The number of anilines is 1. The number of esters is 1. The maximum atomic E-state index is 12.0. The van der Waals surface area contributed by atoms with E-state index in [0.29, 0.717) is 17.9 Å². The maximum Gasteiger partial charge on any atom is 0.338 e. The number of nitrogens with one attached hydrogen (secondary N) is 2. The number of rotatable bonds is 5. The monoisotopic (exact) mass is 334 g/mol. The van der Waals surface area contributed by atoms with Crippen LogP contribution in [0.1, 0.15) is 55.8 Å². The third-order valence-corrected chi connectivity index (χ3v) is 4.27. The number of hydrogen-bond donors (Lipinski definition) is 3. The lowest BCUT2D eigenvalue weighted by molar-refractivity contribution is 0.0281. The molecule has 6 heteroatoms. The van der Waals surface area contributed by atoms with Gasteiger partial charge in [-0.3, -0.25) is 0 Å². The second kappa shape index (κ2) is 8.68. The third kappa shape index (κ3) is 5.53. The Morgan fingerprint density at radius 2 is 1.75 bits per heavy atom. The standard InChI is InChI=1S/C18H26N2O4/c1-2-24-16(21)14-7-9-15(10-8-14)20-17(22)19-13-18(23)11-5-3-4-6-12-18/h7-10,23H,2-6,11-13H2,1H3,(H2,19,20,22). The molecule has 1 saturated carbocycles. The lowest BCUT2D eigenvalue weighted by Crippen LogP contribution is -2.44. The molecule has 24 heavy (non-hydrogen) atoms. The van der Waals surface area contributed by atoms with E-state index in [2.05, 4.69) is 10.6 Å². The molecule has 0 aliphatic heterocycles. The van der Waals surface area contributed by atoms with E-state index in [4.69, 9.17) is 4.74 Å². The number of benzene rings is 1. The normalized spacial score (nSPS) is 16.8. The Bertz CT molecular complexity index is 549. The van der Waals surface area contributed by atoms with Crippen molar-refractivity contribution in [3.05, 3.63) is 29.8 Å². The van der Waals surface area contributed by atoms with E-state index in [1.807, 2.05) is 0 Å². The molecular formula is C18H26N2O4. The van der Waals surface area contributed by atoms with Crippen LogP contribution in [0.3, 0.4) is 0 Å². The van der Waals surface area contributed by atoms with Crippen LogP contribution >= 0.6 is 0 Å². The molecule has 0 unspecified atom stereocenters. The molecule has 0 atom stereocenters. The van der Waals surface area contributed by atoms with Crippen LogP contribution in [0.25, 0.3) is 0 Å². The fraction of sp³-hybridized carbons (Fsp3) is 0.556. The zero-order chi connectivity index (χ0) is 17.4. The highest BCUT2D eigenvalue weighted by atomic mass is 16.5. The van der Waals surface area contributed by atoms with E-state index in [9.17, 15) is 14.7 Å². The molecule has 1 aliphatic carbocycles. The summed E-state index contributed by atoms with van der Waals surface area (Å²) in [6.45, 7) is 2.32. The van der Waals surface area contributed by atoms with E-state index in [0.717, 1.165) is 38.5 Å². The first-order valence-corrected chi connectivity index (χ1v) is 8.57. The predicted molar refractivity (Wildman–Crippen MR) is 92.1 cm³/mol. The third-order valence-electron chi connectivity index (χ3n) is 4.27. The molecule has 0 spiro atoms. The zero-order valence-electron chi connectivity index (χ0n) is 14.1. The van der Waals surface area contributed by atoms with Gasteiger partial charge in [0.05, 0.1) is 17.8 Å². The van der Waals surface area contributed by atoms with Crippen LogP contribution < -0.4 is 10.6 Å². The SMILES string of the molecule is CCOC(=O)c1ccc(NC(=O)NCC2(O)CCCCCC2)cc1. The number of amides is 2. The maximum absolute atomic E-state index is 12.0. The van der Waals surface area contributed by atoms with Crippen LogP contribution in [-0.2, 0) is 4.74 Å². The van der Waals surface area contributed by atoms with Crippen LogP contribution in [0.4, 0.5) is 10.5 Å². The van der Waals surface area contributed by atoms with Gasteiger partial charge in [0, 0.05) is 12.2 Å². The van der Waals surface area contributed by atoms with E-state index in [-0.39, 0.29) is 18.5 Å². The smallest absolute Gasteiger partial charge is 0.338 e. The van der Waals surface area contributed by atoms with E-state index < -0.39 is 5.60 Å². The van der Waals surface area contributed by atoms with Gasteiger partial charge in [0.15, 0.2) is 0 Å². The first-order chi connectivity index (χ1) is 11.5. The Morgan fingerprint density at radius 3 is 2.33 bits per heavy atom. The molecule has 0 aromatic heterocycles. The fourth-order valence-corrected chi connectivity index (χ4v) is 2.89. The van der Waals surface area contributed by atoms with E-state index in [1.165, 1.54) is 0 Å². The summed E-state index contributed by atoms with van der Waals surface area (Å²) in [4.78, 5) is 23.5. The Balaban J connectivity index is 1.82. The summed E-state index contributed by atoms with van der Waals surface area (Å²) < 4.78 is 4.91. The number of ether oxygens (including phenoxy) is 1. The average Bonchev–Trinajstić information content (AvgIpc) is 2.79. The summed E-state index contributed by atoms with van der Waals surface area (Å²) in [6, 6.07) is 6.13. The largest absolute Gasteiger partial charge is 0.462 e. The van der Waals surface area contributed by atoms with Crippen molar-refractivity contribution in [3.8, 4) is 0 Å². The number of hydrogen-bond acceptors (Lipinski definition) is 4. The topological polar surface area (TPSA) is 87.7 Å². The summed E-state index contributed by atoms with van der Waals surface area (Å²) in [7, 11) is 0. The Morgan fingerprint density at radius 1 is 1.12 bits per heavy atom. The number of aliphatic hydroxyl groups is 1. The van der Waals surface area contributed by atoms with Gasteiger partial charge in [-0.2, -0.15) is 0 Å². The Hall–Kier alpha value is -2.08. The van der Waals surface area contributed by atoms with Gasteiger partial charge >= 0.3 is 12.0 Å². The fourth-order valence-electron chi connectivity index (χ4n) is 2.89. The molecule has 132 valence electrons. The Kier molecular flexibility index (Phi) is 6.61. The quantitative estimate of drug-likeness (QED) is 0.570. The molecule has 2 rings (SSSR count). The van der Waals surface area contributed by atoms with E-state index in [1.54, 1.807) is 31.2 Å². The van der Waals surface area contributed by atoms with Gasteiger partial charge in [0.25, 0.3) is 0 Å². The van der Waals surface area contributed by atoms with Crippen LogP contribution in [0, 0.1) is 0 Å². The highest BCUT2D eigenvalue weighted by Crippen LogP contribution is 2.26. The second-order valence-corrected chi connectivity index (χ2v) is 6.24. The van der Waals surface area contributed by atoms with Gasteiger partial charge in [-0.15, -0.1) is 0 Å². The minimum Gasteiger partial charge on any atom is -0.462 e. The molecular weight excluding hydrogens is 308 g/mol. The molecule has 6 nitrogen and oxygen atoms in total. The van der Waals surface area contributed by atoms with Crippen molar-refractivity contribution in [1.82, 2.24) is 5.32 Å². The van der Waals surface area contributed by atoms with Crippen LogP contribution in [0.5, 0.6) is 0 Å². The molecule has 0 radical (unpaired) electrons.